The summed E-state index contributed by atoms with van der Waals surface area (Å²) in [6, 6.07) is 0.319. The highest BCUT2D eigenvalue weighted by atomic mass is 35.5. The zero-order valence-electron chi connectivity index (χ0n) is 14.1. The number of aliphatic hydroxyl groups excluding tert-OH is 1. The van der Waals surface area contributed by atoms with Crippen LogP contribution in [0.3, 0.4) is 0 Å². The van der Waals surface area contributed by atoms with E-state index in [4.69, 9.17) is 16.3 Å². The molecule has 3 aliphatic rings. The lowest BCUT2D eigenvalue weighted by Gasteiger charge is -2.43. The Morgan fingerprint density at radius 2 is 1.92 bits per heavy atom. The van der Waals surface area contributed by atoms with E-state index < -0.39 is 0 Å². The Balaban J connectivity index is 1.31. The van der Waals surface area contributed by atoms with Crippen molar-refractivity contribution in [1.29, 1.82) is 0 Å². The van der Waals surface area contributed by atoms with Crippen molar-refractivity contribution in [3.8, 4) is 0 Å². The van der Waals surface area contributed by atoms with Crippen molar-refractivity contribution < 1.29 is 9.84 Å². The van der Waals surface area contributed by atoms with Gasteiger partial charge in [0.25, 0.3) is 0 Å². The fourth-order valence-corrected chi connectivity index (χ4v) is 4.85. The second-order valence-corrected chi connectivity index (χ2v) is 7.89. The molecule has 0 amide bonds. The summed E-state index contributed by atoms with van der Waals surface area (Å²) >= 11 is 5.92. The molecule has 0 spiro atoms. The second-order valence-electron chi connectivity index (χ2n) is 7.46. The number of ether oxygens (including phenoxy) is 1. The van der Waals surface area contributed by atoms with Gasteiger partial charge in [-0.2, -0.15) is 5.10 Å². The van der Waals surface area contributed by atoms with Crippen LogP contribution in [0.4, 0.5) is 0 Å². The molecule has 1 aliphatic carbocycles. The third-order valence-corrected chi connectivity index (χ3v) is 6.14. The highest BCUT2D eigenvalue weighted by Gasteiger charge is 2.43. The van der Waals surface area contributed by atoms with Crippen LogP contribution in [-0.4, -0.2) is 82.8 Å². The number of nitrogens with zero attached hydrogens (tertiary/aromatic N) is 4. The summed E-state index contributed by atoms with van der Waals surface area (Å²) in [6.07, 6.45) is 5.44. The van der Waals surface area contributed by atoms with E-state index in [2.05, 4.69) is 14.9 Å². The van der Waals surface area contributed by atoms with Gasteiger partial charge in [0, 0.05) is 45.0 Å². The van der Waals surface area contributed by atoms with Gasteiger partial charge in [-0.15, -0.1) is 0 Å². The van der Waals surface area contributed by atoms with E-state index in [0.717, 1.165) is 65.3 Å². The molecule has 134 valence electrons. The van der Waals surface area contributed by atoms with Gasteiger partial charge in [0.2, 0.25) is 0 Å². The third kappa shape index (κ3) is 3.63. The van der Waals surface area contributed by atoms with Crippen LogP contribution < -0.4 is 0 Å². The number of hydrogen-bond acceptors (Lipinski definition) is 5. The molecule has 0 radical (unpaired) electrons. The van der Waals surface area contributed by atoms with E-state index in [1.54, 1.807) is 6.20 Å². The topological polar surface area (TPSA) is 53.8 Å². The molecule has 1 saturated carbocycles. The molecule has 0 unspecified atom stereocenters. The van der Waals surface area contributed by atoms with Gasteiger partial charge in [0.1, 0.15) is 0 Å². The smallest absolute Gasteiger partial charge is 0.0785 e. The van der Waals surface area contributed by atoms with Crippen LogP contribution >= 0.6 is 11.6 Å². The molecule has 2 saturated heterocycles. The maximum absolute atomic E-state index is 10.6. The van der Waals surface area contributed by atoms with Crippen LogP contribution in [0.25, 0.3) is 0 Å². The minimum atomic E-state index is -0.186. The number of morpholine rings is 1. The molecule has 0 aromatic carbocycles. The van der Waals surface area contributed by atoms with Gasteiger partial charge in [-0.3, -0.25) is 9.58 Å². The summed E-state index contributed by atoms with van der Waals surface area (Å²) in [5.41, 5.74) is 0. The largest absolute Gasteiger partial charge is 0.391 e. The maximum atomic E-state index is 10.6. The highest BCUT2D eigenvalue weighted by Crippen LogP contribution is 2.38. The number of aromatic nitrogens is 2. The zero-order valence-corrected chi connectivity index (χ0v) is 14.8. The Hall–Kier alpha value is -0.660. The predicted octanol–water partition coefficient (Wildman–Crippen LogP) is 0.940. The third-order valence-electron chi connectivity index (χ3n) is 5.95. The Bertz CT molecular complexity index is 548. The monoisotopic (exact) mass is 354 g/mol. The molecule has 3 heterocycles. The van der Waals surface area contributed by atoms with Gasteiger partial charge >= 0.3 is 0 Å². The van der Waals surface area contributed by atoms with Crippen LogP contribution in [0.5, 0.6) is 0 Å². The minimum absolute atomic E-state index is 0.186. The molecule has 0 bridgehead atoms. The van der Waals surface area contributed by atoms with Crippen LogP contribution in [0.1, 0.15) is 12.8 Å². The van der Waals surface area contributed by atoms with Gasteiger partial charge in [0.05, 0.1) is 37.1 Å². The van der Waals surface area contributed by atoms with Crippen molar-refractivity contribution in [2.45, 2.75) is 31.5 Å². The fourth-order valence-electron chi connectivity index (χ4n) is 4.69. The van der Waals surface area contributed by atoms with Crippen molar-refractivity contribution in [2.24, 2.45) is 11.8 Å². The molecule has 4 atom stereocenters. The standard InChI is InChI=1S/C17H27ClN4O2/c18-15-9-19-22(12-15)2-1-20-10-13-7-16(17(23)8-14(13)11-20)21-3-5-24-6-4-21/h9,12-14,16-17,23H,1-8,10-11H2/t13-,14+,16-,17-/m1/s1. The van der Waals surface area contributed by atoms with Gasteiger partial charge in [-0.1, -0.05) is 11.6 Å². The number of likely N-dealkylation sites (tertiary alicyclic amines) is 1. The number of aliphatic hydroxyl groups is 1. The first-order valence-electron chi connectivity index (χ1n) is 9.09. The second kappa shape index (κ2) is 7.30. The first-order valence-corrected chi connectivity index (χ1v) is 9.47. The van der Waals surface area contributed by atoms with Crippen LogP contribution in [0.2, 0.25) is 5.02 Å². The van der Waals surface area contributed by atoms with Crippen molar-refractivity contribution in [3.63, 3.8) is 0 Å². The normalized spacial score (nSPS) is 35.2. The lowest BCUT2D eigenvalue weighted by molar-refractivity contribution is -0.0520. The van der Waals surface area contributed by atoms with Crippen LogP contribution in [0.15, 0.2) is 12.4 Å². The van der Waals surface area contributed by atoms with Crippen LogP contribution in [0, 0.1) is 11.8 Å². The van der Waals surface area contributed by atoms with Gasteiger partial charge < -0.3 is 14.7 Å². The van der Waals surface area contributed by atoms with Crippen molar-refractivity contribution in [3.05, 3.63) is 17.4 Å². The fraction of sp³-hybridized carbons (Fsp3) is 0.824. The lowest BCUT2D eigenvalue weighted by atomic mass is 9.77. The molecule has 1 aromatic heterocycles. The van der Waals surface area contributed by atoms with Crippen LogP contribution in [-0.2, 0) is 11.3 Å². The van der Waals surface area contributed by atoms with E-state index in [1.807, 2.05) is 10.9 Å². The van der Waals surface area contributed by atoms with E-state index in [-0.39, 0.29) is 6.10 Å². The van der Waals surface area contributed by atoms with Gasteiger partial charge in [-0.05, 0) is 24.7 Å². The maximum Gasteiger partial charge on any atom is 0.0785 e. The summed E-state index contributed by atoms with van der Waals surface area (Å²) in [7, 11) is 0. The first kappa shape index (κ1) is 16.8. The Morgan fingerprint density at radius 1 is 1.17 bits per heavy atom. The molecule has 1 aromatic rings. The molecular formula is C17H27ClN4O2. The Kier molecular flexibility index (Phi) is 5.10. The molecular weight excluding hydrogens is 328 g/mol. The number of fused-ring (bicyclic) bond motifs is 1. The average Bonchev–Trinajstić information content (AvgIpc) is 3.18. The minimum Gasteiger partial charge on any atom is -0.391 e. The SMILES string of the molecule is O[C@@H]1C[C@H]2CN(CCn3cc(Cl)cn3)C[C@H]2C[C@H]1N1CCOCC1. The van der Waals surface area contributed by atoms with E-state index in [9.17, 15) is 5.11 Å². The molecule has 7 heteroatoms. The molecule has 3 fully saturated rings. The van der Waals surface area contributed by atoms with Crippen molar-refractivity contribution in [1.82, 2.24) is 19.6 Å². The number of hydrogen-bond donors (Lipinski definition) is 1. The molecule has 2 aliphatic heterocycles. The summed E-state index contributed by atoms with van der Waals surface area (Å²) < 4.78 is 7.37. The first-order chi connectivity index (χ1) is 11.7. The summed E-state index contributed by atoms with van der Waals surface area (Å²) in [5.74, 6) is 1.35. The van der Waals surface area contributed by atoms with Gasteiger partial charge in [-0.25, -0.2) is 0 Å². The molecule has 4 rings (SSSR count). The highest BCUT2D eigenvalue weighted by molar-refractivity contribution is 6.30. The summed E-state index contributed by atoms with van der Waals surface area (Å²) in [4.78, 5) is 4.97. The zero-order chi connectivity index (χ0) is 16.5. The summed E-state index contributed by atoms with van der Waals surface area (Å²) in [6.45, 7) is 7.65. The average molecular weight is 355 g/mol. The Morgan fingerprint density at radius 3 is 2.62 bits per heavy atom. The van der Waals surface area contributed by atoms with Crippen molar-refractivity contribution >= 4 is 11.6 Å². The van der Waals surface area contributed by atoms with Gasteiger partial charge in [0.15, 0.2) is 0 Å². The molecule has 24 heavy (non-hydrogen) atoms. The Labute approximate surface area is 148 Å². The quantitative estimate of drug-likeness (QED) is 0.872. The van der Waals surface area contributed by atoms with Crippen molar-refractivity contribution in [2.75, 3.05) is 45.9 Å². The van der Waals surface area contributed by atoms with E-state index in [0.29, 0.717) is 22.9 Å². The lowest BCUT2D eigenvalue weighted by Crippen LogP contribution is -2.53. The number of halogens is 1. The van der Waals surface area contributed by atoms with E-state index >= 15 is 0 Å². The molecule has 1 N–H and O–H groups in total. The number of rotatable bonds is 4. The molecule has 6 nitrogen and oxygen atoms in total. The summed E-state index contributed by atoms with van der Waals surface area (Å²) in [5, 5.41) is 15.6. The van der Waals surface area contributed by atoms with E-state index in [1.165, 1.54) is 0 Å². The predicted molar refractivity (Wildman–Crippen MR) is 92.1 cm³/mol.